The molecule has 0 saturated heterocycles. The lowest BCUT2D eigenvalue weighted by Gasteiger charge is -2.29. The zero-order valence-electron chi connectivity index (χ0n) is 17.2. The summed E-state index contributed by atoms with van der Waals surface area (Å²) in [5.74, 6) is 0.330. The minimum atomic E-state index is -0.978. The predicted octanol–water partition coefficient (Wildman–Crippen LogP) is 4.23. The topological polar surface area (TPSA) is 83.9 Å². The van der Waals surface area contributed by atoms with E-state index in [2.05, 4.69) is 24.3 Å². The van der Waals surface area contributed by atoms with Crippen LogP contribution in [0.25, 0.3) is 11.1 Å². The maximum Gasteiger partial charge on any atom is 0.218 e. The molecule has 2 heterocycles. The lowest BCUT2D eigenvalue weighted by molar-refractivity contribution is -0.186. The summed E-state index contributed by atoms with van der Waals surface area (Å²) in [6.07, 6.45) is 0.304. The highest BCUT2D eigenvalue weighted by atomic mass is 16.7. The van der Waals surface area contributed by atoms with Crippen molar-refractivity contribution in [3.63, 3.8) is 0 Å². The molecular formula is C25H22N4O2. The zero-order valence-corrected chi connectivity index (χ0v) is 17.2. The van der Waals surface area contributed by atoms with Crippen LogP contribution >= 0.6 is 0 Å². The van der Waals surface area contributed by atoms with E-state index in [4.69, 9.17) is 20.3 Å². The van der Waals surface area contributed by atoms with Crippen LogP contribution in [-0.4, -0.2) is 18.1 Å². The molecule has 0 aliphatic carbocycles. The summed E-state index contributed by atoms with van der Waals surface area (Å²) in [5, 5.41) is 10.8. The van der Waals surface area contributed by atoms with Crippen molar-refractivity contribution in [2.24, 2.45) is 10.7 Å². The fraction of sp³-hybridized carbons (Fsp3) is 0.200. The van der Waals surface area contributed by atoms with Gasteiger partial charge in [0.1, 0.15) is 0 Å². The van der Waals surface area contributed by atoms with E-state index in [1.54, 1.807) is 13.1 Å². The number of aliphatic imine (C=N–C) groups is 1. The van der Waals surface area contributed by atoms with Gasteiger partial charge in [0.15, 0.2) is 0 Å². The van der Waals surface area contributed by atoms with E-state index in [1.807, 2.05) is 48.5 Å². The Labute approximate surface area is 181 Å². The van der Waals surface area contributed by atoms with Crippen molar-refractivity contribution >= 4 is 5.96 Å². The number of nitriles is 1. The number of hydrogen-bond donors (Lipinski definition) is 1. The van der Waals surface area contributed by atoms with Crippen LogP contribution in [0, 0.1) is 11.3 Å². The first-order valence-corrected chi connectivity index (χ1v) is 10.2. The molecule has 2 N–H and O–H groups in total. The number of hydrogen-bond acceptors (Lipinski definition) is 6. The lowest BCUT2D eigenvalue weighted by Crippen LogP contribution is -2.32. The Kier molecular flexibility index (Phi) is 4.70. The van der Waals surface area contributed by atoms with Gasteiger partial charge in [-0.1, -0.05) is 54.6 Å². The van der Waals surface area contributed by atoms with Crippen molar-refractivity contribution in [1.82, 2.24) is 5.06 Å². The SMILES string of the molecule is CN1OC2(CC(c3ccccc3)OCc3ccc(-c4cccc(C#N)c4)cc32)N=C1N. The average molecular weight is 410 g/mol. The fourth-order valence-electron chi connectivity index (χ4n) is 4.25. The van der Waals surface area contributed by atoms with Crippen LogP contribution in [0.15, 0.2) is 77.8 Å². The van der Waals surface area contributed by atoms with Crippen LogP contribution in [0.2, 0.25) is 0 Å². The molecule has 3 aromatic rings. The Morgan fingerprint density at radius 1 is 1.06 bits per heavy atom. The summed E-state index contributed by atoms with van der Waals surface area (Å²) in [6.45, 7) is 0.442. The monoisotopic (exact) mass is 410 g/mol. The third-order valence-electron chi connectivity index (χ3n) is 5.83. The molecule has 154 valence electrons. The molecule has 0 fully saturated rings. The van der Waals surface area contributed by atoms with Crippen molar-refractivity contribution in [3.8, 4) is 17.2 Å². The number of hydroxylamine groups is 2. The number of nitrogens with two attached hydrogens (primary N) is 1. The zero-order chi connectivity index (χ0) is 21.4. The van der Waals surface area contributed by atoms with Gasteiger partial charge in [0.25, 0.3) is 0 Å². The number of benzene rings is 3. The highest BCUT2D eigenvalue weighted by Gasteiger charge is 2.46. The summed E-state index contributed by atoms with van der Waals surface area (Å²) in [4.78, 5) is 11.0. The number of rotatable bonds is 2. The van der Waals surface area contributed by atoms with Gasteiger partial charge >= 0.3 is 0 Å². The van der Waals surface area contributed by atoms with Crippen LogP contribution in [0.5, 0.6) is 0 Å². The Balaban J connectivity index is 1.63. The molecule has 1 spiro atoms. The standard InChI is InChI=1S/C25H22N4O2/c1-29-24(27)28-25(31-29)14-23(18-7-3-2-4-8-18)30-16-21-11-10-20(13-22(21)25)19-9-5-6-17(12-19)15-26/h2-13,23H,14,16H2,1H3,(H2,27,28). The molecular weight excluding hydrogens is 388 g/mol. The first-order chi connectivity index (χ1) is 15.1. The highest BCUT2D eigenvalue weighted by Crippen LogP contribution is 2.46. The van der Waals surface area contributed by atoms with Gasteiger partial charge in [0.05, 0.1) is 24.3 Å². The van der Waals surface area contributed by atoms with Crippen molar-refractivity contribution in [2.75, 3.05) is 7.05 Å². The first kappa shape index (κ1) is 19.3. The fourth-order valence-corrected chi connectivity index (χ4v) is 4.25. The van der Waals surface area contributed by atoms with Crippen molar-refractivity contribution in [3.05, 3.63) is 95.1 Å². The van der Waals surface area contributed by atoms with Crippen LogP contribution in [0.1, 0.15) is 34.8 Å². The van der Waals surface area contributed by atoms with E-state index < -0.39 is 5.72 Å². The van der Waals surface area contributed by atoms with Gasteiger partial charge in [-0.15, -0.1) is 0 Å². The maximum absolute atomic E-state index is 9.28. The summed E-state index contributed by atoms with van der Waals surface area (Å²) in [6, 6.07) is 26.0. The smallest absolute Gasteiger partial charge is 0.218 e. The summed E-state index contributed by atoms with van der Waals surface area (Å²) >= 11 is 0. The third-order valence-corrected chi connectivity index (χ3v) is 5.83. The molecule has 5 rings (SSSR count). The number of ether oxygens (including phenoxy) is 1. The van der Waals surface area contributed by atoms with Crippen molar-refractivity contribution in [2.45, 2.75) is 24.9 Å². The van der Waals surface area contributed by atoms with E-state index in [1.165, 1.54) is 5.06 Å². The molecule has 6 heteroatoms. The van der Waals surface area contributed by atoms with Crippen molar-refractivity contribution < 1.29 is 9.57 Å². The molecule has 2 aliphatic rings. The Hall–Kier alpha value is -3.66. The molecule has 2 aliphatic heterocycles. The van der Waals surface area contributed by atoms with E-state index in [0.29, 0.717) is 24.6 Å². The van der Waals surface area contributed by atoms with E-state index in [-0.39, 0.29) is 6.10 Å². The number of guanidine groups is 1. The predicted molar refractivity (Wildman–Crippen MR) is 117 cm³/mol. The van der Waals surface area contributed by atoms with E-state index in [9.17, 15) is 5.26 Å². The van der Waals surface area contributed by atoms with Gasteiger partial charge in [0, 0.05) is 19.0 Å². The lowest BCUT2D eigenvalue weighted by atomic mass is 9.89. The van der Waals surface area contributed by atoms with E-state index >= 15 is 0 Å². The summed E-state index contributed by atoms with van der Waals surface area (Å²) in [5.41, 5.74) is 10.7. The normalized spacial score (nSPS) is 22.5. The second kappa shape index (κ2) is 7.55. The molecule has 6 nitrogen and oxygen atoms in total. The Morgan fingerprint density at radius 3 is 2.61 bits per heavy atom. The van der Waals surface area contributed by atoms with Gasteiger partial charge < -0.3 is 10.5 Å². The van der Waals surface area contributed by atoms with Gasteiger partial charge in [0.2, 0.25) is 11.7 Å². The molecule has 0 amide bonds. The Bertz CT molecular complexity index is 1200. The van der Waals surface area contributed by atoms with Gasteiger partial charge in [-0.2, -0.15) is 5.26 Å². The van der Waals surface area contributed by atoms with E-state index in [0.717, 1.165) is 27.8 Å². The molecule has 0 bridgehead atoms. The van der Waals surface area contributed by atoms with Gasteiger partial charge in [-0.3, -0.25) is 0 Å². The molecule has 0 aromatic heterocycles. The molecule has 31 heavy (non-hydrogen) atoms. The number of nitrogens with zero attached hydrogens (tertiary/aromatic N) is 3. The second-order valence-electron chi connectivity index (χ2n) is 7.82. The third kappa shape index (κ3) is 3.44. The maximum atomic E-state index is 9.28. The number of fused-ring (bicyclic) bond motifs is 2. The Morgan fingerprint density at radius 2 is 1.87 bits per heavy atom. The highest BCUT2D eigenvalue weighted by molar-refractivity contribution is 5.79. The van der Waals surface area contributed by atoms with Crippen LogP contribution in [-0.2, 0) is 21.9 Å². The molecule has 3 aromatic carbocycles. The van der Waals surface area contributed by atoms with Gasteiger partial charge in [-0.25, -0.2) is 14.9 Å². The van der Waals surface area contributed by atoms with Crippen LogP contribution < -0.4 is 5.73 Å². The van der Waals surface area contributed by atoms with Crippen molar-refractivity contribution in [1.29, 1.82) is 5.26 Å². The molecule has 0 radical (unpaired) electrons. The molecule has 2 atom stereocenters. The van der Waals surface area contributed by atoms with Gasteiger partial charge in [-0.05, 0) is 40.5 Å². The molecule has 2 unspecified atom stereocenters. The van der Waals surface area contributed by atoms with Crippen LogP contribution in [0.3, 0.4) is 0 Å². The minimum Gasteiger partial charge on any atom is -0.369 e. The summed E-state index contributed by atoms with van der Waals surface area (Å²) in [7, 11) is 1.76. The van der Waals surface area contributed by atoms with Crippen LogP contribution in [0.4, 0.5) is 0 Å². The molecule has 0 saturated carbocycles. The first-order valence-electron chi connectivity index (χ1n) is 10.2. The second-order valence-corrected chi connectivity index (χ2v) is 7.82. The average Bonchev–Trinajstić information content (AvgIpc) is 3.01. The summed E-state index contributed by atoms with van der Waals surface area (Å²) < 4.78 is 6.30. The minimum absolute atomic E-state index is 0.193. The quantitative estimate of drug-likeness (QED) is 0.683. The largest absolute Gasteiger partial charge is 0.369 e.